The summed E-state index contributed by atoms with van der Waals surface area (Å²) in [6, 6.07) is 6.18. The van der Waals surface area contributed by atoms with Crippen LogP contribution in [-0.4, -0.2) is 9.97 Å². The minimum absolute atomic E-state index is 0.293. The standard InChI is InChI=1S/C11H10FN3/c12-10-3-1-2-9(4-10)11-14-6-8(5-13)7-15-11/h1-4,6-7H,5,13H2. The number of aromatic nitrogens is 2. The lowest BCUT2D eigenvalue weighted by Gasteiger charge is -2.00. The number of nitrogens with zero attached hydrogens (tertiary/aromatic N) is 2. The van der Waals surface area contributed by atoms with Crippen LogP contribution in [0.15, 0.2) is 36.7 Å². The van der Waals surface area contributed by atoms with E-state index in [1.165, 1.54) is 12.1 Å². The molecule has 0 saturated carbocycles. The Morgan fingerprint density at radius 2 is 1.93 bits per heavy atom. The van der Waals surface area contributed by atoms with Crippen molar-refractivity contribution in [3.63, 3.8) is 0 Å². The van der Waals surface area contributed by atoms with E-state index in [1.807, 2.05) is 0 Å². The van der Waals surface area contributed by atoms with Crippen molar-refractivity contribution >= 4 is 0 Å². The molecule has 2 N–H and O–H groups in total. The second-order valence-corrected chi connectivity index (χ2v) is 3.13. The van der Waals surface area contributed by atoms with E-state index in [2.05, 4.69) is 9.97 Å². The average Bonchev–Trinajstić information content (AvgIpc) is 2.29. The van der Waals surface area contributed by atoms with Crippen LogP contribution in [0.2, 0.25) is 0 Å². The van der Waals surface area contributed by atoms with Crippen LogP contribution in [0.1, 0.15) is 5.56 Å². The molecule has 4 heteroatoms. The zero-order chi connectivity index (χ0) is 10.7. The van der Waals surface area contributed by atoms with Crippen molar-refractivity contribution in [2.75, 3.05) is 0 Å². The van der Waals surface area contributed by atoms with Crippen LogP contribution in [0, 0.1) is 5.82 Å². The summed E-state index contributed by atoms with van der Waals surface area (Å²) in [5, 5.41) is 0. The molecule has 0 saturated heterocycles. The molecule has 0 unspecified atom stereocenters. The Hall–Kier alpha value is -1.81. The van der Waals surface area contributed by atoms with Gasteiger partial charge in [-0.3, -0.25) is 0 Å². The quantitative estimate of drug-likeness (QED) is 0.808. The van der Waals surface area contributed by atoms with Crippen LogP contribution in [0.3, 0.4) is 0 Å². The van der Waals surface area contributed by atoms with Crippen LogP contribution in [0.25, 0.3) is 11.4 Å². The zero-order valence-electron chi connectivity index (χ0n) is 8.02. The Kier molecular flexibility index (Phi) is 2.69. The molecule has 0 aliphatic carbocycles. The molecule has 15 heavy (non-hydrogen) atoms. The number of hydrogen-bond donors (Lipinski definition) is 1. The number of halogens is 1. The molecule has 76 valence electrons. The highest BCUT2D eigenvalue weighted by Crippen LogP contribution is 2.14. The zero-order valence-corrected chi connectivity index (χ0v) is 8.02. The predicted octanol–water partition coefficient (Wildman–Crippen LogP) is 1.74. The molecule has 0 aliphatic heterocycles. The smallest absolute Gasteiger partial charge is 0.159 e. The third-order valence-electron chi connectivity index (χ3n) is 2.02. The molecule has 1 aromatic heterocycles. The van der Waals surface area contributed by atoms with Crippen LogP contribution >= 0.6 is 0 Å². The van der Waals surface area contributed by atoms with Crippen LogP contribution in [0.4, 0.5) is 4.39 Å². The van der Waals surface area contributed by atoms with E-state index in [-0.39, 0.29) is 5.82 Å². The van der Waals surface area contributed by atoms with Crippen LogP contribution in [0.5, 0.6) is 0 Å². The molecule has 0 spiro atoms. The van der Waals surface area contributed by atoms with Crippen LogP contribution in [-0.2, 0) is 6.54 Å². The average molecular weight is 203 g/mol. The first kappa shape index (κ1) is 9.73. The van der Waals surface area contributed by atoms with Crippen molar-refractivity contribution in [1.82, 2.24) is 9.97 Å². The summed E-state index contributed by atoms with van der Waals surface area (Å²) in [6.45, 7) is 0.406. The lowest BCUT2D eigenvalue weighted by Crippen LogP contribution is -1.99. The molecule has 2 aromatic rings. The van der Waals surface area contributed by atoms with Gasteiger partial charge in [-0.25, -0.2) is 14.4 Å². The normalized spacial score (nSPS) is 10.3. The van der Waals surface area contributed by atoms with E-state index in [9.17, 15) is 4.39 Å². The molecule has 1 heterocycles. The largest absolute Gasteiger partial charge is 0.326 e. The summed E-state index contributed by atoms with van der Waals surface area (Å²) in [4.78, 5) is 8.21. The highest BCUT2D eigenvalue weighted by Gasteiger charge is 2.01. The maximum atomic E-state index is 12.9. The van der Waals surface area contributed by atoms with E-state index in [4.69, 9.17) is 5.73 Å². The van der Waals surface area contributed by atoms with E-state index in [0.29, 0.717) is 17.9 Å². The Bertz CT molecular complexity index is 454. The molecule has 0 bridgehead atoms. The van der Waals surface area contributed by atoms with Crippen molar-refractivity contribution in [3.05, 3.63) is 48.0 Å². The molecule has 2 rings (SSSR count). The molecule has 0 aliphatic rings. The van der Waals surface area contributed by atoms with E-state index in [0.717, 1.165) is 5.56 Å². The van der Waals surface area contributed by atoms with Gasteiger partial charge < -0.3 is 5.73 Å². The fraction of sp³-hybridized carbons (Fsp3) is 0.0909. The Balaban J connectivity index is 2.37. The Morgan fingerprint density at radius 1 is 1.20 bits per heavy atom. The van der Waals surface area contributed by atoms with E-state index in [1.54, 1.807) is 24.5 Å². The fourth-order valence-electron chi connectivity index (χ4n) is 1.24. The van der Waals surface area contributed by atoms with E-state index >= 15 is 0 Å². The Labute approximate surface area is 86.8 Å². The van der Waals surface area contributed by atoms with E-state index < -0.39 is 0 Å². The van der Waals surface area contributed by atoms with Gasteiger partial charge in [0.2, 0.25) is 0 Å². The lowest BCUT2D eigenvalue weighted by atomic mass is 10.2. The third-order valence-corrected chi connectivity index (χ3v) is 2.02. The maximum absolute atomic E-state index is 12.9. The van der Waals surface area contributed by atoms with Crippen molar-refractivity contribution in [2.45, 2.75) is 6.54 Å². The number of hydrogen-bond acceptors (Lipinski definition) is 3. The fourth-order valence-corrected chi connectivity index (χ4v) is 1.24. The highest BCUT2D eigenvalue weighted by molar-refractivity contribution is 5.54. The molecule has 0 radical (unpaired) electrons. The van der Waals surface area contributed by atoms with Gasteiger partial charge in [-0.15, -0.1) is 0 Å². The second-order valence-electron chi connectivity index (χ2n) is 3.13. The lowest BCUT2D eigenvalue weighted by molar-refractivity contribution is 0.628. The molecule has 1 aromatic carbocycles. The molecule has 0 atom stereocenters. The SMILES string of the molecule is NCc1cnc(-c2cccc(F)c2)nc1. The molecular weight excluding hydrogens is 193 g/mol. The van der Waals surface area contributed by atoms with Gasteiger partial charge in [0.15, 0.2) is 5.82 Å². The van der Waals surface area contributed by atoms with Gasteiger partial charge in [-0.2, -0.15) is 0 Å². The number of nitrogens with two attached hydrogens (primary N) is 1. The molecule has 3 nitrogen and oxygen atoms in total. The number of rotatable bonds is 2. The predicted molar refractivity (Wildman–Crippen MR) is 55.3 cm³/mol. The van der Waals surface area contributed by atoms with Crippen molar-refractivity contribution in [3.8, 4) is 11.4 Å². The summed E-state index contributed by atoms with van der Waals surface area (Å²) in [5.74, 6) is 0.214. The summed E-state index contributed by atoms with van der Waals surface area (Å²) >= 11 is 0. The second kappa shape index (κ2) is 4.14. The number of benzene rings is 1. The summed E-state index contributed by atoms with van der Waals surface area (Å²) in [5.41, 5.74) is 6.94. The van der Waals surface area contributed by atoms with Gasteiger partial charge in [0.1, 0.15) is 5.82 Å². The van der Waals surface area contributed by atoms with Gasteiger partial charge in [0.25, 0.3) is 0 Å². The molecule has 0 fully saturated rings. The summed E-state index contributed by atoms with van der Waals surface area (Å²) in [7, 11) is 0. The van der Waals surface area contributed by atoms with Gasteiger partial charge in [-0.05, 0) is 12.1 Å². The first-order valence-corrected chi connectivity index (χ1v) is 4.56. The first-order valence-electron chi connectivity index (χ1n) is 4.56. The van der Waals surface area contributed by atoms with Crippen molar-refractivity contribution < 1.29 is 4.39 Å². The molecular formula is C11H10FN3. The topological polar surface area (TPSA) is 51.8 Å². The van der Waals surface area contributed by atoms with Gasteiger partial charge in [0.05, 0.1) is 0 Å². The minimum atomic E-state index is -0.293. The van der Waals surface area contributed by atoms with Crippen molar-refractivity contribution in [2.24, 2.45) is 5.73 Å². The van der Waals surface area contributed by atoms with Gasteiger partial charge >= 0.3 is 0 Å². The van der Waals surface area contributed by atoms with Crippen molar-refractivity contribution in [1.29, 1.82) is 0 Å². The monoisotopic (exact) mass is 203 g/mol. The minimum Gasteiger partial charge on any atom is -0.326 e. The maximum Gasteiger partial charge on any atom is 0.159 e. The summed E-state index contributed by atoms with van der Waals surface area (Å²) in [6.07, 6.45) is 3.29. The highest BCUT2D eigenvalue weighted by atomic mass is 19.1. The summed E-state index contributed by atoms with van der Waals surface area (Å²) < 4.78 is 12.9. The first-order chi connectivity index (χ1) is 7.29. The van der Waals surface area contributed by atoms with Crippen LogP contribution < -0.4 is 5.73 Å². The molecule has 0 amide bonds. The Morgan fingerprint density at radius 3 is 2.53 bits per heavy atom. The van der Waals surface area contributed by atoms with Gasteiger partial charge in [0, 0.05) is 30.1 Å². The van der Waals surface area contributed by atoms with Gasteiger partial charge in [-0.1, -0.05) is 12.1 Å². The third kappa shape index (κ3) is 2.16.